The largest absolute Gasteiger partial charge is 0.466 e. The zero-order valence-electron chi connectivity index (χ0n) is 13.2. The predicted octanol–water partition coefficient (Wildman–Crippen LogP) is 1.24. The molecular weight excluding hydrogens is 300 g/mol. The van der Waals surface area contributed by atoms with Gasteiger partial charge in [0.15, 0.2) is 0 Å². The summed E-state index contributed by atoms with van der Waals surface area (Å²) in [4.78, 5) is 36.3. The number of hydrogen-bond acceptors (Lipinski definition) is 6. The van der Waals surface area contributed by atoms with Crippen LogP contribution in [0.4, 0.5) is 11.4 Å². The van der Waals surface area contributed by atoms with Crippen LogP contribution in [0.5, 0.6) is 0 Å². The molecule has 0 aromatic heterocycles. The number of carbonyl (C=O) groups is 3. The van der Waals surface area contributed by atoms with Crippen LogP contribution >= 0.6 is 0 Å². The molecule has 0 unspecified atom stereocenters. The molecule has 1 aliphatic heterocycles. The van der Waals surface area contributed by atoms with Crippen LogP contribution in [0.2, 0.25) is 0 Å². The Hall–Kier alpha value is -2.83. The van der Waals surface area contributed by atoms with E-state index in [4.69, 9.17) is 0 Å². The van der Waals surface area contributed by atoms with Gasteiger partial charge in [-0.05, 0) is 30.2 Å². The third-order valence-electron chi connectivity index (χ3n) is 3.50. The van der Waals surface area contributed by atoms with Crippen molar-refractivity contribution >= 4 is 29.2 Å². The van der Waals surface area contributed by atoms with Crippen molar-refractivity contribution in [2.75, 3.05) is 31.0 Å². The van der Waals surface area contributed by atoms with Gasteiger partial charge in [0.2, 0.25) is 5.91 Å². The summed E-state index contributed by atoms with van der Waals surface area (Å²) < 4.78 is 9.16. The molecule has 0 bridgehead atoms. The predicted molar refractivity (Wildman–Crippen MR) is 83.9 cm³/mol. The lowest BCUT2D eigenvalue weighted by Crippen LogP contribution is -2.25. The van der Waals surface area contributed by atoms with E-state index in [1.165, 1.54) is 21.1 Å². The van der Waals surface area contributed by atoms with E-state index in [2.05, 4.69) is 14.8 Å². The highest BCUT2D eigenvalue weighted by Crippen LogP contribution is 2.30. The van der Waals surface area contributed by atoms with Crippen molar-refractivity contribution in [2.24, 2.45) is 0 Å². The van der Waals surface area contributed by atoms with Gasteiger partial charge >= 0.3 is 11.9 Å². The molecule has 122 valence electrons. The van der Waals surface area contributed by atoms with Crippen LogP contribution in [0.15, 0.2) is 30.0 Å². The van der Waals surface area contributed by atoms with Crippen LogP contribution in [-0.4, -0.2) is 38.6 Å². The van der Waals surface area contributed by atoms with Crippen LogP contribution in [-0.2, 0) is 30.3 Å². The smallest absolute Gasteiger partial charge is 0.354 e. The lowest BCUT2D eigenvalue weighted by Gasteiger charge is -2.15. The Morgan fingerprint density at radius 1 is 1.22 bits per heavy atom. The van der Waals surface area contributed by atoms with Gasteiger partial charge in [0, 0.05) is 24.8 Å². The average Bonchev–Trinajstić information content (AvgIpc) is 2.96. The van der Waals surface area contributed by atoms with Crippen LogP contribution < -0.4 is 10.2 Å². The fourth-order valence-corrected chi connectivity index (χ4v) is 2.39. The zero-order valence-corrected chi connectivity index (χ0v) is 13.2. The highest BCUT2D eigenvalue weighted by Gasteiger charge is 2.22. The number of amides is 1. The SMILES string of the molecule is COC(=O)/C=C(/Nc1ccc2c(c1)CCN2C(C)=O)C(=O)OC. The number of nitrogens with one attached hydrogen (secondary N) is 1. The molecule has 0 spiro atoms. The number of fused-ring (bicyclic) bond motifs is 1. The minimum atomic E-state index is -0.679. The first kappa shape index (κ1) is 16.5. The Morgan fingerprint density at radius 2 is 1.96 bits per heavy atom. The average molecular weight is 318 g/mol. The van der Waals surface area contributed by atoms with Crippen molar-refractivity contribution in [2.45, 2.75) is 13.3 Å². The molecule has 0 saturated carbocycles. The Kier molecular flexibility index (Phi) is 5.00. The summed E-state index contributed by atoms with van der Waals surface area (Å²) in [5.41, 5.74) is 2.45. The summed E-state index contributed by atoms with van der Waals surface area (Å²) in [6, 6.07) is 5.37. The quantitative estimate of drug-likeness (QED) is 0.664. The normalized spacial score (nSPS) is 13.3. The maximum atomic E-state index is 11.7. The number of methoxy groups -OCH3 is 2. The molecule has 1 aliphatic rings. The van der Waals surface area contributed by atoms with Crippen molar-refractivity contribution < 1.29 is 23.9 Å². The second-order valence-electron chi connectivity index (χ2n) is 4.96. The molecule has 1 N–H and O–H groups in total. The number of nitrogens with zero attached hydrogens (tertiary/aromatic N) is 1. The molecule has 1 amide bonds. The van der Waals surface area contributed by atoms with Gasteiger partial charge in [-0.15, -0.1) is 0 Å². The van der Waals surface area contributed by atoms with Crippen LogP contribution in [0, 0.1) is 0 Å². The van der Waals surface area contributed by atoms with Gasteiger partial charge in [-0.1, -0.05) is 0 Å². The van der Waals surface area contributed by atoms with E-state index in [0.29, 0.717) is 12.2 Å². The van der Waals surface area contributed by atoms with Gasteiger partial charge in [0.25, 0.3) is 0 Å². The summed E-state index contributed by atoms with van der Waals surface area (Å²) in [6.45, 7) is 2.16. The van der Waals surface area contributed by atoms with Crippen molar-refractivity contribution in [3.63, 3.8) is 0 Å². The molecule has 0 aliphatic carbocycles. The number of esters is 2. The third-order valence-corrected chi connectivity index (χ3v) is 3.50. The summed E-state index contributed by atoms with van der Waals surface area (Å²) >= 11 is 0. The molecule has 2 rings (SSSR count). The number of rotatable bonds is 4. The molecule has 0 atom stereocenters. The Balaban J connectivity index is 2.25. The van der Waals surface area contributed by atoms with Gasteiger partial charge in [0.1, 0.15) is 5.70 Å². The minimum Gasteiger partial charge on any atom is -0.466 e. The first-order valence-corrected chi connectivity index (χ1v) is 7.02. The van der Waals surface area contributed by atoms with Crippen molar-refractivity contribution in [3.8, 4) is 0 Å². The molecule has 7 nitrogen and oxygen atoms in total. The monoisotopic (exact) mass is 318 g/mol. The van der Waals surface area contributed by atoms with Gasteiger partial charge in [-0.2, -0.15) is 0 Å². The van der Waals surface area contributed by atoms with Crippen LogP contribution in [0.1, 0.15) is 12.5 Å². The third kappa shape index (κ3) is 3.68. The summed E-state index contributed by atoms with van der Waals surface area (Å²) in [5.74, 6) is -1.35. The molecule has 0 fully saturated rings. The van der Waals surface area contributed by atoms with Crippen molar-refractivity contribution in [3.05, 3.63) is 35.5 Å². The van der Waals surface area contributed by atoms with Gasteiger partial charge in [0.05, 0.1) is 20.3 Å². The maximum Gasteiger partial charge on any atom is 0.354 e. The van der Waals surface area contributed by atoms with E-state index >= 15 is 0 Å². The first-order chi connectivity index (χ1) is 11.0. The number of benzene rings is 1. The zero-order chi connectivity index (χ0) is 17.0. The van der Waals surface area contributed by atoms with Gasteiger partial charge < -0.3 is 19.7 Å². The number of anilines is 2. The topological polar surface area (TPSA) is 84.9 Å². The highest BCUT2D eigenvalue weighted by atomic mass is 16.5. The van der Waals surface area contributed by atoms with Gasteiger partial charge in [-0.3, -0.25) is 4.79 Å². The van der Waals surface area contributed by atoms with Crippen LogP contribution in [0.25, 0.3) is 0 Å². The molecular formula is C16H18N2O5. The molecule has 1 aromatic carbocycles. The minimum absolute atomic E-state index is 0.00899. The summed E-state index contributed by atoms with van der Waals surface area (Å²) in [7, 11) is 2.45. The number of hydrogen-bond donors (Lipinski definition) is 1. The second-order valence-corrected chi connectivity index (χ2v) is 4.96. The van der Waals surface area contributed by atoms with E-state index in [1.807, 2.05) is 6.07 Å². The molecule has 0 radical (unpaired) electrons. The lowest BCUT2D eigenvalue weighted by molar-refractivity contribution is -0.138. The molecule has 7 heteroatoms. The molecule has 1 heterocycles. The van der Waals surface area contributed by atoms with E-state index in [9.17, 15) is 14.4 Å². The lowest BCUT2D eigenvalue weighted by atomic mass is 10.1. The fourth-order valence-electron chi connectivity index (χ4n) is 2.39. The summed E-state index contributed by atoms with van der Waals surface area (Å²) in [6.07, 6.45) is 1.76. The Bertz CT molecular complexity index is 681. The van der Waals surface area contributed by atoms with E-state index in [0.717, 1.165) is 23.7 Å². The van der Waals surface area contributed by atoms with Crippen LogP contribution in [0.3, 0.4) is 0 Å². The number of carbonyl (C=O) groups excluding carboxylic acids is 3. The first-order valence-electron chi connectivity index (χ1n) is 7.02. The Labute approximate surface area is 133 Å². The van der Waals surface area contributed by atoms with Crippen molar-refractivity contribution in [1.82, 2.24) is 0 Å². The molecule has 1 aromatic rings. The maximum absolute atomic E-state index is 11.7. The van der Waals surface area contributed by atoms with E-state index in [-0.39, 0.29) is 11.6 Å². The second kappa shape index (κ2) is 6.95. The highest BCUT2D eigenvalue weighted by molar-refractivity contribution is 5.99. The fraction of sp³-hybridized carbons (Fsp3) is 0.312. The Morgan fingerprint density at radius 3 is 2.57 bits per heavy atom. The van der Waals surface area contributed by atoms with E-state index in [1.54, 1.807) is 17.0 Å². The number of ether oxygens (including phenoxy) is 2. The molecule has 23 heavy (non-hydrogen) atoms. The standard InChI is InChI=1S/C16H18N2O5/c1-10(19)18-7-6-11-8-12(4-5-14(11)18)17-13(16(21)23-3)9-15(20)22-2/h4-5,8-9,17H,6-7H2,1-3H3/b13-9+. The molecule has 0 saturated heterocycles. The summed E-state index contributed by atoms with van der Waals surface area (Å²) in [5, 5.41) is 2.85. The van der Waals surface area contributed by atoms with E-state index < -0.39 is 11.9 Å². The van der Waals surface area contributed by atoms with Gasteiger partial charge in [-0.25, -0.2) is 9.59 Å². The van der Waals surface area contributed by atoms with Crippen molar-refractivity contribution in [1.29, 1.82) is 0 Å².